The number of benzene rings is 1. The summed E-state index contributed by atoms with van der Waals surface area (Å²) in [6, 6.07) is 9.15. The smallest absolute Gasteiger partial charge is 0.268 e. The molecule has 5 heteroatoms. The van der Waals surface area contributed by atoms with E-state index in [0.29, 0.717) is 30.3 Å². The summed E-state index contributed by atoms with van der Waals surface area (Å²) in [6.45, 7) is 1.03. The summed E-state index contributed by atoms with van der Waals surface area (Å²) in [5.41, 5.74) is 1.20. The number of nitrogens with zero attached hydrogens (tertiary/aromatic N) is 2. The number of rotatable bonds is 1. The first kappa shape index (κ1) is 12.3. The average molecular weight is 268 g/mol. The Bertz CT molecular complexity index is 772. The fraction of sp³-hybridized carbons (Fsp3) is 0.200. The summed E-state index contributed by atoms with van der Waals surface area (Å²) < 4.78 is 12.4. The van der Waals surface area contributed by atoms with Gasteiger partial charge in [-0.1, -0.05) is 6.07 Å². The lowest BCUT2D eigenvalue weighted by molar-refractivity contribution is 0.171. The maximum absolute atomic E-state index is 12.0. The number of nitriles is 1. The first-order valence-corrected chi connectivity index (χ1v) is 6.20. The minimum Gasteiger partial charge on any atom is -0.486 e. The molecule has 0 unspecified atom stereocenters. The van der Waals surface area contributed by atoms with Crippen LogP contribution in [0.25, 0.3) is 11.1 Å². The summed E-state index contributed by atoms with van der Waals surface area (Å²) in [7, 11) is 1.62. The monoisotopic (exact) mass is 268 g/mol. The molecule has 0 saturated carbocycles. The molecule has 1 aromatic carbocycles. The van der Waals surface area contributed by atoms with E-state index in [1.165, 1.54) is 4.57 Å². The van der Waals surface area contributed by atoms with Crippen molar-refractivity contribution in [2.24, 2.45) is 7.05 Å². The highest BCUT2D eigenvalue weighted by Crippen LogP contribution is 2.34. The van der Waals surface area contributed by atoms with E-state index in [1.807, 2.05) is 12.1 Å². The summed E-state index contributed by atoms with van der Waals surface area (Å²) >= 11 is 0. The molecule has 2 aromatic rings. The van der Waals surface area contributed by atoms with E-state index in [2.05, 4.69) is 0 Å². The Morgan fingerprint density at radius 2 is 1.95 bits per heavy atom. The normalized spacial score (nSPS) is 12.8. The summed E-state index contributed by atoms with van der Waals surface area (Å²) in [5.74, 6) is 1.32. The lowest BCUT2D eigenvalue weighted by Crippen LogP contribution is -2.19. The SMILES string of the molecule is Cn1ccc(-c2ccc3c(c2)OCCO3)c(C#N)c1=O. The lowest BCUT2D eigenvalue weighted by atomic mass is 10.0. The number of pyridine rings is 1. The van der Waals surface area contributed by atoms with E-state index in [-0.39, 0.29) is 11.1 Å². The summed E-state index contributed by atoms with van der Waals surface area (Å²) in [6.07, 6.45) is 1.65. The third kappa shape index (κ3) is 1.91. The van der Waals surface area contributed by atoms with E-state index in [9.17, 15) is 10.1 Å². The average Bonchev–Trinajstić information content (AvgIpc) is 2.49. The van der Waals surface area contributed by atoms with Crippen LogP contribution in [0.5, 0.6) is 11.5 Å². The van der Waals surface area contributed by atoms with Gasteiger partial charge in [0.05, 0.1) is 0 Å². The van der Waals surface area contributed by atoms with E-state index in [4.69, 9.17) is 9.47 Å². The Morgan fingerprint density at radius 1 is 1.20 bits per heavy atom. The van der Waals surface area contributed by atoms with Gasteiger partial charge in [-0.15, -0.1) is 0 Å². The van der Waals surface area contributed by atoms with Crippen LogP contribution in [0.15, 0.2) is 35.3 Å². The van der Waals surface area contributed by atoms with Gasteiger partial charge in [0, 0.05) is 18.8 Å². The number of fused-ring (bicyclic) bond motifs is 1. The summed E-state index contributed by atoms with van der Waals surface area (Å²) in [5, 5.41) is 9.20. The van der Waals surface area contributed by atoms with Crippen LogP contribution in [0.2, 0.25) is 0 Å². The molecular formula is C15H12N2O3. The van der Waals surface area contributed by atoms with Gasteiger partial charge in [-0.2, -0.15) is 5.26 Å². The van der Waals surface area contributed by atoms with Crippen molar-refractivity contribution < 1.29 is 9.47 Å². The van der Waals surface area contributed by atoms with Gasteiger partial charge in [-0.05, 0) is 23.8 Å². The highest BCUT2D eigenvalue weighted by atomic mass is 16.6. The van der Waals surface area contributed by atoms with Crippen molar-refractivity contribution in [3.05, 3.63) is 46.4 Å². The van der Waals surface area contributed by atoms with E-state index < -0.39 is 0 Å². The van der Waals surface area contributed by atoms with Crippen molar-refractivity contribution in [2.45, 2.75) is 0 Å². The standard InChI is InChI=1S/C15H12N2O3/c1-17-5-4-11(12(9-16)15(17)18)10-2-3-13-14(8-10)20-7-6-19-13/h2-5,8H,6-7H2,1H3. The second kappa shape index (κ2) is 4.74. The molecule has 5 nitrogen and oxygen atoms in total. The molecule has 0 fully saturated rings. The molecule has 3 rings (SSSR count). The molecule has 2 heterocycles. The van der Waals surface area contributed by atoms with Crippen LogP contribution in [0, 0.1) is 11.3 Å². The zero-order chi connectivity index (χ0) is 14.1. The minimum atomic E-state index is -0.306. The molecule has 0 spiro atoms. The number of aromatic nitrogens is 1. The van der Waals surface area contributed by atoms with Gasteiger partial charge in [0.2, 0.25) is 0 Å². The molecule has 0 amide bonds. The predicted molar refractivity (Wildman–Crippen MR) is 72.8 cm³/mol. The van der Waals surface area contributed by atoms with Gasteiger partial charge in [0.1, 0.15) is 24.8 Å². The van der Waals surface area contributed by atoms with Crippen LogP contribution in [0.1, 0.15) is 5.56 Å². The molecule has 0 bridgehead atoms. The van der Waals surface area contributed by atoms with Crippen LogP contribution in [-0.4, -0.2) is 17.8 Å². The highest BCUT2D eigenvalue weighted by molar-refractivity contribution is 5.72. The highest BCUT2D eigenvalue weighted by Gasteiger charge is 2.15. The number of aryl methyl sites for hydroxylation is 1. The van der Waals surface area contributed by atoms with Crippen LogP contribution >= 0.6 is 0 Å². The van der Waals surface area contributed by atoms with E-state index in [0.717, 1.165) is 5.56 Å². The Hall–Kier alpha value is -2.74. The zero-order valence-corrected chi connectivity index (χ0v) is 10.9. The maximum atomic E-state index is 12.0. The molecule has 0 atom stereocenters. The topological polar surface area (TPSA) is 64.2 Å². The lowest BCUT2D eigenvalue weighted by Gasteiger charge is -2.19. The van der Waals surface area contributed by atoms with Gasteiger partial charge < -0.3 is 14.0 Å². The first-order chi connectivity index (χ1) is 9.70. The second-order valence-electron chi connectivity index (χ2n) is 4.49. The number of ether oxygens (including phenoxy) is 2. The van der Waals surface area contributed by atoms with Crippen molar-refractivity contribution in [2.75, 3.05) is 13.2 Å². The van der Waals surface area contributed by atoms with Gasteiger partial charge >= 0.3 is 0 Å². The summed E-state index contributed by atoms with van der Waals surface area (Å²) in [4.78, 5) is 12.0. The molecule has 1 aromatic heterocycles. The quantitative estimate of drug-likeness (QED) is 0.789. The Balaban J connectivity index is 2.17. The van der Waals surface area contributed by atoms with Crippen LogP contribution < -0.4 is 15.0 Å². The Kier molecular flexibility index (Phi) is 2.92. The van der Waals surface area contributed by atoms with Gasteiger partial charge in [-0.25, -0.2) is 0 Å². The third-order valence-corrected chi connectivity index (χ3v) is 3.23. The van der Waals surface area contributed by atoms with Crippen molar-refractivity contribution in [3.63, 3.8) is 0 Å². The van der Waals surface area contributed by atoms with Crippen LogP contribution in [0.3, 0.4) is 0 Å². The third-order valence-electron chi connectivity index (χ3n) is 3.23. The molecule has 0 aliphatic carbocycles. The number of hydrogen-bond donors (Lipinski definition) is 0. The van der Waals surface area contributed by atoms with Crippen molar-refractivity contribution in [1.82, 2.24) is 4.57 Å². The van der Waals surface area contributed by atoms with Crippen molar-refractivity contribution >= 4 is 0 Å². The Labute approximate surface area is 115 Å². The van der Waals surface area contributed by atoms with Crippen molar-refractivity contribution in [3.8, 4) is 28.7 Å². The molecular weight excluding hydrogens is 256 g/mol. The van der Waals surface area contributed by atoms with Gasteiger partial charge in [-0.3, -0.25) is 4.79 Å². The molecule has 0 N–H and O–H groups in total. The van der Waals surface area contributed by atoms with Crippen molar-refractivity contribution in [1.29, 1.82) is 5.26 Å². The van der Waals surface area contributed by atoms with Crippen LogP contribution in [-0.2, 0) is 7.05 Å². The van der Waals surface area contributed by atoms with Gasteiger partial charge in [0.15, 0.2) is 11.5 Å². The van der Waals surface area contributed by atoms with Gasteiger partial charge in [0.25, 0.3) is 5.56 Å². The van der Waals surface area contributed by atoms with E-state index in [1.54, 1.807) is 31.4 Å². The minimum absolute atomic E-state index is 0.131. The van der Waals surface area contributed by atoms with Crippen LogP contribution in [0.4, 0.5) is 0 Å². The zero-order valence-electron chi connectivity index (χ0n) is 10.9. The molecule has 0 saturated heterocycles. The first-order valence-electron chi connectivity index (χ1n) is 6.20. The Morgan fingerprint density at radius 3 is 2.70 bits per heavy atom. The molecule has 1 aliphatic rings. The molecule has 100 valence electrons. The predicted octanol–water partition coefficient (Wildman–Crippen LogP) is 1.70. The molecule has 1 aliphatic heterocycles. The largest absolute Gasteiger partial charge is 0.486 e. The fourth-order valence-corrected chi connectivity index (χ4v) is 2.19. The molecule has 0 radical (unpaired) electrons. The maximum Gasteiger partial charge on any atom is 0.268 e. The fourth-order valence-electron chi connectivity index (χ4n) is 2.19. The molecule has 20 heavy (non-hydrogen) atoms. The van der Waals surface area contributed by atoms with E-state index >= 15 is 0 Å². The second-order valence-corrected chi connectivity index (χ2v) is 4.49. The number of hydrogen-bond acceptors (Lipinski definition) is 4.